The quantitative estimate of drug-likeness (QED) is 0.538. The van der Waals surface area contributed by atoms with Crippen molar-refractivity contribution in [2.45, 2.75) is 6.61 Å². The van der Waals surface area contributed by atoms with E-state index in [1.54, 1.807) is 36.4 Å². The Labute approximate surface area is 146 Å². The molecule has 0 unspecified atom stereocenters. The Balaban J connectivity index is 1.79. The summed E-state index contributed by atoms with van der Waals surface area (Å²) in [5.41, 5.74) is 0.257. The Morgan fingerprint density at radius 3 is 2.75 bits per heavy atom. The second kappa shape index (κ2) is 6.86. The summed E-state index contributed by atoms with van der Waals surface area (Å²) in [7, 11) is 0. The van der Waals surface area contributed by atoms with Gasteiger partial charge < -0.3 is 4.74 Å². The summed E-state index contributed by atoms with van der Waals surface area (Å²) in [6.07, 6.45) is 0. The van der Waals surface area contributed by atoms with E-state index in [9.17, 15) is 10.1 Å². The molecule has 24 heavy (non-hydrogen) atoms. The minimum Gasteiger partial charge on any atom is -0.484 e. The number of para-hydroxylation sites is 1. The molecule has 1 heterocycles. The highest BCUT2D eigenvalue weighted by molar-refractivity contribution is 6.42. The molecule has 0 saturated heterocycles. The number of aromatic nitrogens is 3. The van der Waals surface area contributed by atoms with E-state index >= 15 is 0 Å². The summed E-state index contributed by atoms with van der Waals surface area (Å²) in [6, 6.07) is 11.3. The van der Waals surface area contributed by atoms with Gasteiger partial charge in [-0.05, 0) is 18.2 Å². The van der Waals surface area contributed by atoms with Gasteiger partial charge in [0.05, 0.1) is 15.5 Å². The third kappa shape index (κ3) is 3.32. The standard InChI is InChI=1S/C15H10Cl2N4O3/c16-10-5-3-7-12(14(10)17)24-8-13-18-15(20-19-13)9-4-1-2-6-11(9)21(22)23/h1-7H,8H2,(H,18,19,20). The van der Waals surface area contributed by atoms with Crippen LogP contribution in [0.4, 0.5) is 5.69 Å². The lowest BCUT2D eigenvalue weighted by Gasteiger charge is -2.06. The van der Waals surface area contributed by atoms with E-state index in [4.69, 9.17) is 27.9 Å². The van der Waals surface area contributed by atoms with Crippen LogP contribution in [0.5, 0.6) is 5.75 Å². The van der Waals surface area contributed by atoms with Crippen LogP contribution in [0.25, 0.3) is 11.4 Å². The number of nitro benzene ring substituents is 1. The van der Waals surface area contributed by atoms with Crippen molar-refractivity contribution in [3.05, 3.63) is 68.4 Å². The molecule has 7 nitrogen and oxygen atoms in total. The second-order valence-corrected chi connectivity index (χ2v) is 5.51. The number of benzene rings is 2. The lowest BCUT2D eigenvalue weighted by Crippen LogP contribution is -1.98. The number of hydrogen-bond acceptors (Lipinski definition) is 5. The topological polar surface area (TPSA) is 93.9 Å². The van der Waals surface area contributed by atoms with E-state index in [0.717, 1.165) is 0 Å². The largest absolute Gasteiger partial charge is 0.484 e. The average molecular weight is 365 g/mol. The minimum atomic E-state index is -0.479. The maximum atomic E-state index is 11.1. The van der Waals surface area contributed by atoms with Crippen molar-refractivity contribution < 1.29 is 9.66 Å². The van der Waals surface area contributed by atoms with E-state index in [2.05, 4.69) is 15.2 Å². The van der Waals surface area contributed by atoms with Crippen molar-refractivity contribution in [3.63, 3.8) is 0 Å². The van der Waals surface area contributed by atoms with Crippen molar-refractivity contribution in [1.29, 1.82) is 0 Å². The van der Waals surface area contributed by atoms with Crippen LogP contribution in [0, 0.1) is 10.1 Å². The Kier molecular flexibility index (Phi) is 4.64. The first-order chi connectivity index (χ1) is 11.6. The smallest absolute Gasteiger partial charge is 0.280 e. The number of rotatable bonds is 5. The van der Waals surface area contributed by atoms with Crippen molar-refractivity contribution >= 4 is 28.9 Å². The van der Waals surface area contributed by atoms with Gasteiger partial charge in [0.15, 0.2) is 11.6 Å². The highest BCUT2D eigenvalue weighted by atomic mass is 35.5. The number of halogens is 2. The van der Waals surface area contributed by atoms with E-state index < -0.39 is 4.92 Å². The van der Waals surface area contributed by atoms with Crippen LogP contribution < -0.4 is 4.74 Å². The molecule has 1 N–H and O–H groups in total. The SMILES string of the molecule is O=[N+]([O-])c1ccccc1-c1n[nH]c(COc2cccc(Cl)c2Cl)n1. The summed E-state index contributed by atoms with van der Waals surface area (Å²) < 4.78 is 5.55. The summed E-state index contributed by atoms with van der Waals surface area (Å²) in [4.78, 5) is 14.8. The third-order valence-electron chi connectivity index (χ3n) is 3.15. The molecule has 0 aliphatic carbocycles. The molecule has 2 aromatic carbocycles. The maximum Gasteiger partial charge on any atom is 0.280 e. The Bertz CT molecular complexity index is 898. The van der Waals surface area contributed by atoms with Crippen molar-refractivity contribution in [3.8, 4) is 17.1 Å². The molecule has 3 aromatic rings. The number of ether oxygens (including phenoxy) is 1. The van der Waals surface area contributed by atoms with Crippen LogP contribution in [-0.4, -0.2) is 20.1 Å². The second-order valence-electron chi connectivity index (χ2n) is 4.72. The average Bonchev–Trinajstić information content (AvgIpc) is 3.05. The highest BCUT2D eigenvalue weighted by Gasteiger charge is 2.18. The molecule has 0 aliphatic rings. The number of nitrogens with one attached hydrogen (secondary N) is 1. The third-order valence-corrected chi connectivity index (χ3v) is 3.96. The zero-order valence-corrected chi connectivity index (χ0v) is 13.6. The molecule has 122 valence electrons. The van der Waals surface area contributed by atoms with Gasteiger partial charge in [-0.25, -0.2) is 4.98 Å². The lowest BCUT2D eigenvalue weighted by atomic mass is 10.2. The minimum absolute atomic E-state index is 0.0632. The molecule has 0 fully saturated rings. The van der Waals surface area contributed by atoms with Gasteiger partial charge in [0.1, 0.15) is 17.4 Å². The normalized spacial score (nSPS) is 10.6. The molecule has 9 heteroatoms. The Hall–Kier alpha value is -2.64. The van der Waals surface area contributed by atoms with Crippen LogP contribution in [-0.2, 0) is 6.61 Å². The zero-order chi connectivity index (χ0) is 17.1. The van der Waals surface area contributed by atoms with E-state index in [1.165, 1.54) is 6.07 Å². The first-order valence-electron chi connectivity index (χ1n) is 6.78. The zero-order valence-electron chi connectivity index (χ0n) is 12.1. The first kappa shape index (κ1) is 16.2. The maximum absolute atomic E-state index is 11.1. The van der Waals surface area contributed by atoms with Gasteiger partial charge in [-0.3, -0.25) is 15.2 Å². The molecule has 0 spiro atoms. The number of H-pyrrole nitrogens is 1. The number of hydrogen-bond donors (Lipinski definition) is 1. The van der Waals surface area contributed by atoms with Gasteiger partial charge in [-0.1, -0.05) is 41.4 Å². The van der Waals surface area contributed by atoms with Gasteiger partial charge in [0.25, 0.3) is 5.69 Å². The molecule has 0 aliphatic heterocycles. The Morgan fingerprint density at radius 1 is 1.17 bits per heavy atom. The first-order valence-corrected chi connectivity index (χ1v) is 7.53. The van der Waals surface area contributed by atoms with E-state index in [-0.39, 0.29) is 18.1 Å². The van der Waals surface area contributed by atoms with Crippen molar-refractivity contribution in [1.82, 2.24) is 15.2 Å². The highest BCUT2D eigenvalue weighted by Crippen LogP contribution is 2.32. The van der Waals surface area contributed by atoms with Gasteiger partial charge in [-0.2, -0.15) is 5.10 Å². The molecule has 0 amide bonds. The molecule has 0 atom stereocenters. The van der Waals surface area contributed by atoms with Crippen LogP contribution in [0.3, 0.4) is 0 Å². The molecule has 0 bridgehead atoms. The molecular weight excluding hydrogens is 355 g/mol. The molecule has 3 rings (SSSR count). The van der Waals surface area contributed by atoms with Gasteiger partial charge in [-0.15, -0.1) is 0 Å². The van der Waals surface area contributed by atoms with Crippen molar-refractivity contribution in [2.75, 3.05) is 0 Å². The number of aromatic amines is 1. The number of nitro groups is 1. The molecule has 1 aromatic heterocycles. The van der Waals surface area contributed by atoms with Gasteiger partial charge in [0, 0.05) is 6.07 Å². The number of nitrogens with zero attached hydrogens (tertiary/aromatic N) is 3. The predicted molar refractivity (Wildman–Crippen MR) is 89.3 cm³/mol. The summed E-state index contributed by atoms with van der Waals surface area (Å²) >= 11 is 12.0. The Morgan fingerprint density at radius 2 is 1.96 bits per heavy atom. The summed E-state index contributed by atoms with van der Waals surface area (Å²) in [6.45, 7) is 0.0632. The summed E-state index contributed by atoms with van der Waals surface area (Å²) in [5.74, 6) is 1.03. The predicted octanol–water partition coefficient (Wildman–Crippen LogP) is 4.27. The molecule has 0 radical (unpaired) electrons. The van der Waals surface area contributed by atoms with E-state index in [0.29, 0.717) is 27.2 Å². The van der Waals surface area contributed by atoms with Crippen LogP contribution in [0.1, 0.15) is 5.82 Å². The molecular formula is C15H10Cl2N4O3. The van der Waals surface area contributed by atoms with Crippen LogP contribution in [0.15, 0.2) is 42.5 Å². The van der Waals surface area contributed by atoms with Crippen molar-refractivity contribution in [2.24, 2.45) is 0 Å². The monoisotopic (exact) mass is 364 g/mol. The lowest BCUT2D eigenvalue weighted by molar-refractivity contribution is -0.384. The van der Waals surface area contributed by atoms with Crippen LogP contribution >= 0.6 is 23.2 Å². The fraction of sp³-hybridized carbons (Fsp3) is 0.0667. The van der Waals surface area contributed by atoms with Gasteiger partial charge in [0.2, 0.25) is 0 Å². The molecule has 0 saturated carbocycles. The fourth-order valence-electron chi connectivity index (χ4n) is 2.04. The van der Waals surface area contributed by atoms with Gasteiger partial charge >= 0.3 is 0 Å². The summed E-state index contributed by atoms with van der Waals surface area (Å²) in [5, 5.41) is 18.4. The fourth-order valence-corrected chi connectivity index (χ4v) is 2.39. The van der Waals surface area contributed by atoms with Crippen LogP contribution in [0.2, 0.25) is 10.0 Å². The van der Waals surface area contributed by atoms with E-state index in [1.807, 2.05) is 0 Å².